The molecule has 0 fully saturated rings. The van der Waals surface area contributed by atoms with E-state index in [1.165, 1.54) is 0 Å². The smallest absolute Gasteiger partial charge is 0.240 e. The van der Waals surface area contributed by atoms with Crippen molar-refractivity contribution >= 4 is 24.2 Å². The van der Waals surface area contributed by atoms with Gasteiger partial charge in [-0.25, -0.2) is 10.9 Å². The third-order valence-corrected chi connectivity index (χ3v) is 5.95. The van der Waals surface area contributed by atoms with Crippen LogP contribution in [0.1, 0.15) is 62.5 Å². The second kappa shape index (κ2) is 20.3. The van der Waals surface area contributed by atoms with E-state index in [9.17, 15) is 9.59 Å². The van der Waals surface area contributed by atoms with Crippen molar-refractivity contribution in [2.24, 2.45) is 10.2 Å². The van der Waals surface area contributed by atoms with E-state index in [0.717, 1.165) is 49.7 Å². The fourth-order valence-corrected chi connectivity index (χ4v) is 3.81. The monoisotopic (exact) mass is 578 g/mol. The molecular weight excluding hydrogens is 536 g/mol. The third kappa shape index (κ3) is 13.2. The zero-order valence-corrected chi connectivity index (χ0v) is 24.6. The topological polar surface area (TPSA) is 120 Å². The number of benzene rings is 2. The molecule has 0 spiro atoms. The highest BCUT2D eigenvalue weighted by Gasteiger charge is 2.06. The van der Waals surface area contributed by atoms with Gasteiger partial charge in [0.15, 0.2) is 23.0 Å². The van der Waals surface area contributed by atoms with Crippen LogP contribution in [0.15, 0.2) is 71.9 Å². The minimum absolute atomic E-state index is 0.128. The molecule has 10 heteroatoms. The van der Waals surface area contributed by atoms with Crippen LogP contribution < -0.4 is 29.8 Å². The van der Waals surface area contributed by atoms with E-state index in [1.54, 1.807) is 63.1 Å². The van der Waals surface area contributed by atoms with E-state index >= 15 is 0 Å². The Morgan fingerprint density at radius 2 is 1.07 bits per heavy atom. The van der Waals surface area contributed by atoms with Gasteiger partial charge in [0.1, 0.15) is 13.2 Å². The van der Waals surface area contributed by atoms with Crippen LogP contribution in [-0.4, -0.2) is 51.7 Å². The summed E-state index contributed by atoms with van der Waals surface area (Å²) < 4.78 is 21.7. The van der Waals surface area contributed by atoms with Gasteiger partial charge in [-0.05, 0) is 60.4 Å². The summed E-state index contributed by atoms with van der Waals surface area (Å²) >= 11 is 0. The number of unbranched alkanes of at least 4 members (excludes halogenated alkanes) is 5. The first-order chi connectivity index (χ1) is 20.5. The second-order valence-corrected chi connectivity index (χ2v) is 9.23. The quantitative estimate of drug-likeness (QED) is 0.0867. The lowest BCUT2D eigenvalue weighted by molar-refractivity contribution is -0.122. The Hall–Kier alpha value is -4.60. The number of rotatable bonds is 21. The lowest BCUT2D eigenvalue weighted by Gasteiger charge is -2.09. The summed E-state index contributed by atoms with van der Waals surface area (Å²) in [6.07, 6.45) is 12.7. The minimum atomic E-state index is -0.128. The predicted octanol–water partition coefficient (Wildman–Crippen LogP) is 5.55. The summed E-state index contributed by atoms with van der Waals surface area (Å²) in [7, 11) is 3.13. The number of hydrazone groups is 2. The molecule has 10 nitrogen and oxygen atoms in total. The summed E-state index contributed by atoms with van der Waals surface area (Å²) in [6.45, 7) is 8.03. The molecule has 226 valence electrons. The molecule has 0 radical (unpaired) electrons. The summed E-state index contributed by atoms with van der Waals surface area (Å²) in [5.41, 5.74) is 6.67. The fourth-order valence-electron chi connectivity index (χ4n) is 3.81. The summed E-state index contributed by atoms with van der Waals surface area (Å²) in [5, 5.41) is 8.05. The Labute approximate surface area is 248 Å². The number of nitrogens with zero attached hydrogens (tertiary/aromatic N) is 2. The SMILES string of the molecule is C=CCOc1ccc(/C=N\NC(=O)CCCCCCCCC(=O)N/N=C\c2ccc(OCC=C)c(OC)c2)cc1OC. The average molecular weight is 579 g/mol. The van der Waals surface area contributed by atoms with E-state index in [2.05, 4.69) is 34.2 Å². The molecule has 0 aromatic heterocycles. The van der Waals surface area contributed by atoms with Crippen LogP contribution in [0.25, 0.3) is 0 Å². The van der Waals surface area contributed by atoms with Crippen molar-refractivity contribution in [3.05, 3.63) is 72.8 Å². The van der Waals surface area contributed by atoms with Gasteiger partial charge in [0.2, 0.25) is 11.8 Å². The van der Waals surface area contributed by atoms with Crippen LogP contribution in [-0.2, 0) is 9.59 Å². The van der Waals surface area contributed by atoms with Gasteiger partial charge in [0, 0.05) is 12.8 Å². The zero-order chi connectivity index (χ0) is 30.4. The van der Waals surface area contributed by atoms with Crippen molar-refractivity contribution in [1.82, 2.24) is 10.9 Å². The highest BCUT2D eigenvalue weighted by molar-refractivity contribution is 5.84. The Bertz CT molecular complexity index is 1120. The molecule has 2 N–H and O–H groups in total. The molecule has 0 saturated carbocycles. The lowest BCUT2D eigenvalue weighted by Crippen LogP contribution is -2.17. The standard InChI is InChI=1S/C32H42N4O6/c1-5-19-41-27-17-15-25(21-29(27)39-3)23-33-35-31(37)13-11-9-7-8-10-12-14-32(38)36-34-24-26-16-18-28(42-20-6-2)30(22-26)40-4/h5-6,15-18,21-24H,1-2,7-14,19-20H2,3-4H3,(H,35,37)(H,36,38)/b33-23-,34-24-. The van der Waals surface area contributed by atoms with Gasteiger partial charge in [-0.2, -0.15) is 10.2 Å². The fraction of sp³-hybridized carbons (Fsp3) is 0.375. The van der Waals surface area contributed by atoms with Gasteiger partial charge in [-0.1, -0.05) is 51.0 Å². The molecule has 2 aromatic rings. The maximum Gasteiger partial charge on any atom is 0.240 e. The first-order valence-electron chi connectivity index (χ1n) is 14.0. The van der Waals surface area contributed by atoms with Crippen LogP contribution in [0.3, 0.4) is 0 Å². The highest BCUT2D eigenvalue weighted by Crippen LogP contribution is 2.28. The number of methoxy groups -OCH3 is 2. The molecule has 0 aliphatic heterocycles. The Morgan fingerprint density at radius 1 is 0.667 bits per heavy atom. The number of amides is 2. The molecule has 0 unspecified atom stereocenters. The molecule has 0 atom stereocenters. The van der Waals surface area contributed by atoms with Crippen LogP contribution >= 0.6 is 0 Å². The maximum atomic E-state index is 12.1. The van der Waals surface area contributed by atoms with Gasteiger partial charge in [-0.15, -0.1) is 0 Å². The zero-order valence-electron chi connectivity index (χ0n) is 24.6. The third-order valence-electron chi connectivity index (χ3n) is 5.95. The van der Waals surface area contributed by atoms with Crippen LogP contribution in [0.2, 0.25) is 0 Å². The van der Waals surface area contributed by atoms with Crippen molar-refractivity contribution in [2.75, 3.05) is 27.4 Å². The van der Waals surface area contributed by atoms with Crippen molar-refractivity contribution in [1.29, 1.82) is 0 Å². The largest absolute Gasteiger partial charge is 0.493 e. The Morgan fingerprint density at radius 3 is 1.45 bits per heavy atom. The van der Waals surface area contributed by atoms with E-state index in [4.69, 9.17) is 18.9 Å². The van der Waals surface area contributed by atoms with E-state index < -0.39 is 0 Å². The van der Waals surface area contributed by atoms with Gasteiger partial charge >= 0.3 is 0 Å². The number of carbonyl (C=O) groups excluding carboxylic acids is 2. The van der Waals surface area contributed by atoms with Crippen LogP contribution in [0.5, 0.6) is 23.0 Å². The average Bonchev–Trinajstić information content (AvgIpc) is 3.00. The number of hydrogen-bond donors (Lipinski definition) is 2. The van der Waals surface area contributed by atoms with E-state index in [0.29, 0.717) is 49.1 Å². The Balaban J connectivity index is 1.54. The van der Waals surface area contributed by atoms with Gasteiger partial charge in [0.05, 0.1) is 26.6 Å². The molecule has 2 aromatic carbocycles. The molecule has 2 amide bonds. The number of hydrogen-bond acceptors (Lipinski definition) is 8. The molecular formula is C32H42N4O6. The number of nitrogens with one attached hydrogen (secondary N) is 2. The first-order valence-corrected chi connectivity index (χ1v) is 14.0. The highest BCUT2D eigenvalue weighted by atomic mass is 16.5. The number of carbonyl (C=O) groups is 2. The van der Waals surface area contributed by atoms with E-state index in [1.807, 2.05) is 12.1 Å². The van der Waals surface area contributed by atoms with Crippen molar-refractivity contribution < 1.29 is 28.5 Å². The second-order valence-electron chi connectivity index (χ2n) is 9.23. The van der Waals surface area contributed by atoms with E-state index in [-0.39, 0.29) is 11.8 Å². The first kappa shape index (κ1) is 33.6. The normalized spacial score (nSPS) is 10.8. The van der Waals surface area contributed by atoms with Gasteiger partial charge in [0.25, 0.3) is 0 Å². The number of ether oxygens (including phenoxy) is 4. The maximum absolute atomic E-state index is 12.1. The van der Waals surface area contributed by atoms with Gasteiger partial charge in [-0.3, -0.25) is 9.59 Å². The summed E-state index contributed by atoms with van der Waals surface area (Å²) in [6, 6.07) is 10.8. The van der Waals surface area contributed by atoms with Crippen molar-refractivity contribution in [2.45, 2.75) is 51.4 Å². The summed E-state index contributed by atoms with van der Waals surface area (Å²) in [5.74, 6) is 2.13. The predicted molar refractivity (Wildman–Crippen MR) is 166 cm³/mol. The molecule has 0 heterocycles. The van der Waals surface area contributed by atoms with Gasteiger partial charge < -0.3 is 18.9 Å². The van der Waals surface area contributed by atoms with Crippen LogP contribution in [0.4, 0.5) is 0 Å². The molecule has 0 saturated heterocycles. The Kier molecular flexibility index (Phi) is 16.2. The van der Waals surface area contributed by atoms with Crippen molar-refractivity contribution in [3.63, 3.8) is 0 Å². The molecule has 0 bridgehead atoms. The molecule has 42 heavy (non-hydrogen) atoms. The minimum Gasteiger partial charge on any atom is -0.493 e. The lowest BCUT2D eigenvalue weighted by atomic mass is 10.1. The molecule has 2 rings (SSSR count). The van der Waals surface area contributed by atoms with Crippen LogP contribution in [0, 0.1) is 0 Å². The molecule has 0 aliphatic rings. The molecule has 0 aliphatic carbocycles. The summed E-state index contributed by atoms with van der Waals surface area (Å²) in [4.78, 5) is 24.1. The van der Waals surface area contributed by atoms with Crippen molar-refractivity contribution in [3.8, 4) is 23.0 Å².